The Balaban J connectivity index is 1.77. The molecule has 0 unspecified atom stereocenters. The van der Waals surface area contributed by atoms with E-state index in [2.05, 4.69) is 46.6 Å². The van der Waals surface area contributed by atoms with Crippen molar-refractivity contribution in [2.75, 3.05) is 16.8 Å². The maximum absolute atomic E-state index is 12.0. The van der Waals surface area contributed by atoms with Gasteiger partial charge < -0.3 is 10.2 Å². The van der Waals surface area contributed by atoms with Crippen LogP contribution in [-0.2, 0) is 11.2 Å². The van der Waals surface area contributed by atoms with Crippen molar-refractivity contribution in [1.82, 2.24) is 0 Å². The molecule has 0 aliphatic carbocycles. The van der Waals surface area contributed by atoms with E-state index in [1.165, 1.54) is 16.9 Å². The third kappa shape index (κ3) is 2.84. The number of fused-ring (bicyclic) bond motifs is 1. The third-order valence-electron chi connectivity index (χ3n) is 4.01. The summed E-state index contributed by atoms with van der Waals surface area (Å²) in [4.78, 5) is 14.3. The van der Waals surface area contributed by atoms with Crippen molar-refractivity contribution >= 4 is 23.0 Å². The number of nitrogens with zero attached hydrogens (tertiary/aromatic N) is 1. The van der Waals surface area contributed by atoms with Crippen LogP contribution in [0.4, 0.5) is 17.1 Å². The van der Waals surface area contributed by atoms with Gasteiger partial charge in [-0.1, -0.05) is 39.0 Å². The molecular formula is C19H22N2O. The normalized spacial score (nSPS) is 13.9. The molecule has 0 atom stereocenters. The van der Waals surface area contributed by atoms with Gasteiger partial charge >= 0.3 is 0 Å². The SMILES string of the molecule is CC(C)(C)C(=O)Nc1ccc(N2CCc3ccccc32)cc1. The van der Waals surface area contributed by atoms with Gasteiger partial charge in [0.15, 0.2) is 0 Å². The highest BCUT2D eigenvalue weighted by Gasteiger charge is 2.22. The van der Waals surface area contributed by atoms with E-state index in [0.29, 0.717) is 0 Å². The van der Waals surface area contributed by atoms with Crippen LogP contribution < -0.4 is 10.2 Å². The summed E-state index contributed by atoms with van der Waals surface area (Å²) in [6, 6.07) is 16.6. The fourth-order valence-corrected chi connectivity index (χ4v) is 2.65. The van der Waals surface area contributed by atoms with Gasteiger partial charge in [-0.25, -0.2) is 0 Å². The first-order valence-corrected chi connectivity index (χ1v) is 7.72. The van der Waals surface area contributed by atoms with Crippen LogP contribution in [0.1, 0.15) is 26.3 Å². The van der Waals surface area contributed by atoms with E-state index >= 15 is 0 Å². The lowest BCUT2D eigenvalue weighted by Gasteiger charge is -2.21. The highest BCUT2D eigenvalue weighted by molar-refractivity contribution is 5.94. The second-order valence-electron chi connectivity index (χ2n) is 6.78. The Labute approximate surface area is 132 Å². The lowest BCUT2D eigenvalue weighted by atomic mass is 9.95. The van der Waals surface area contributed by atoms with E-state index in [0.717, 1.165) is 18.7 Å². The van der Waals surface area contributed by atoms with E-state index in [9.17, 15) is 4.79 Å². The summed E-state index contributed by atoms with van der Waals surface area (Å²) in [5, 5.41) is 2.96. The van der Waals surface area contributed by atoms with Crippen molar-refractivity contribution in [3.8, 4) is 0 Å². The number of nitrogens with one attached hydrogen (secondary N) is 1. The molecule has 0 saturated heterocycles. The van der Waals surface area contributed by atoms with Crippen LogP contribution in [0.25, 0.3) is 0 Å². The second kappa shape index (κ2) is 5.48. The van der Waals surface area contributed by atoms with Gasteiger partial charge in [0.1, 0.15) is 0 Å². The molecule has 1 N–H and O–H groups in total. The minimum atomic E-state index is -0.382. The predicted octanol–water partition coefficient (Wildman–Crippen LogP) is 4.37. The van der Waals surface area contributed by atoms with E-state index in [-0.39, 0.29) is 11.3 Å². The molecule has 0 bridgehead atoms. The zero-order chi connectivity index (χ0) is 15.7. The number of para-hydroxylation sites is 1. The Hall–Kier alpha value is -2.29. The van der Waals surface area contributed by atoms with Gasteiger partial charge in [-0.2, -0.15) is 0 Å². The fourth-order valence-electron chi connectivity index (χ4n) is 2.65. The Kier molecular flexibility index (Phi) is 3.65. The molecule has 1 heterocycles. The molecule has 2 aromatic rings. The average molecular weight is 294 g/mol. The van der Waals surface area contributed by atoms with Gasteiger partial charge in [0.2, 0.25) is 5.91 Å². The molecule has 0 radical (unpaired) electrons. The van der Waals surface area contributed by atoms with Crippen molar-refractivity contribution in [2.24, 2.45) is 5.41 Å². The average Bonchev–Trinajstić information content (AvgIpc) is 2.91. The Morgan fingerprint density at radius 1 is 1.05 bits per heavy atom. The lowest BCUT2D eigenvalue weighted by Crippen LogP contribution is -2.27. The number of carbonyl (C=O) groups excluding carboxylic acids is 1. The molecule has 1 aliphatic heterocycles. The molecule has 0 spiro atoms. The van der Waals surface area contributed by atoms with Gasteiger partial charge in [0.25, 0.3) is 0 Å². The molecule has 114 valence electrons. The predicted molar refractivity (Wildman–Crippen MR) is 91.7 cm³/mol. The van der Waals surface area contributed by atoms with Crippen molar-refractivity contribution in [1.29, 1.82) is 0 Å². The van der Waals surface area contributed by atoms with Crippen molar-refractivity contribution < 1.29 is 4.79 Å². The van der Waals surface area contributed by atoms with Gasteiger partial charge in [0.05, 0.1) is 0 Å². The molecule has 3 nitrogen and oxygen atoms in total. The second-order valence-corrected chi connectivity index (χ2v) is 6.78. The fraction of sp³-hybridized carbons (Fsp3) is 0.316. The molecule has 22 heavy (non-hydrogen) atoms. The molecule has 1 aliphatic rings. The molecule has 0 aromatic heterocycles. The molecule has 3 heteroatoms. The molecule has 0 saturated carbocycles. The van der Waals surface area contributed by atoms with Gasteiger partial charge in [-0.3, -0.25) is 4.79 Å². The first-order valence-electron chi connectivity index (χ1n) is 7.72. The van der Waals surface area contributed by atoms with Crippen molar-refractivity contribution in [2.45, 2.75) is 27.2 Å². The van der Waals surface area contributed by atoms with Crippen molar-refractivity contribution in [3.05, 3.63) is 54.1 Å². The van der Waals surface area contributed by atoms with Crippen LogP contribution in [0, 0.1) is 5.41 Å². The first-order chi connectivity index (χ1) is 10.4. The zero-order valence-electron chi connectivity index (χ0n) is 13.4. The largest absolute Gasteiger partial charge is 0.341 e. The van der Waals surface area contributed by atoms with E-state index in [1.54, 1.807) is 0 Å². The Bertz CT molecular complexity index is 683. The summed E-state index contributed by atoms with van der Waals surface area (Å²) >= 11 is 0. The Morgan fingerprint density at radius 3 is 2.41 bits per heavy atom. The van der Waals surface area contributed by atoms with Crippen LogP contribution in [0.2, 0.25) is 0 Å². The molecular weight excluding hydrogens is 272 g/mol. The number of amides is 1. The number of hydrogen-bond acceptors (Lipinski definition) is 2. The summed E-state index contributed by atoms with van der Waals surface area (Å²) in [5.74, 6) is 0.0340. The summed E-state index contributed by atoms with van der Waals surface area (Å²) in [7, 11) is 0. The summed E-state index contributed by atoms with van der Waals surface area (Å²) in [6.07, 6.45) is 1.08. The minimum absolute atomic E-state index is 0.0340. The van der Waals surface area contributed by atoms with Gasteiger partial charge in [-0.05, 0) is 42.3 Å². The number of hydrogen-bond donors (Lipinski definition) is 1. The van der Waals surface area contributed by atoms with E-state index in [4.69, 9.17) is 0 Å². The third-order valence-corrected chi connectivity index (χ3v) is 4.01. The van der Waals surface area contributed by atoms with Crippen LogP contribution >= 0.6 is 0 Å². The van der Waals surface area contributed by atoms with Crippen molar-refractivity contribution in [3.63, 3.8) is 0 Å². The van der Waals surface area contributed by atoms with Gasteiger partial charge in [0, 0.05) is 29.0 Å². The molecule has 2 aromatic carbocycles. The zero-order valence-corrected chi connectivity index (χ0v) is 13.4. The molecule has 3 rings (SSSR count). The van der Waals surface area contributed by atoms with E-state index < -0.39 is 0 Å². The highest BCUT2D eigenvalue weighted by atomic mass is 16.2. The topological polar surface area (TPSA) is 32.3 Å². The van der Waals surface area contributed by atoms with Gasteiger partial charge in [-0.15, -0.1) is 0 Å². The Morgan fingerprint density at radius 2 is 1.73 bits per heavy atom. The summed E-state index contributed by atoms with van der Waals surface area (Å²) < 4.78 is 0. The first kappa shape index (κ1) is 14.6. The van der Waals surface area contributed by atoms with Crippen LogP contribution in [0.15, 0.2) is 48.5 Å². The van der Waals surface area contributed by atoms with Crippen LogP contribution in [0.5, 0.6) is 0 Å². The van der Waals surface area contributed by atoms with E-state index in [1.807, 2.05) is 32.9 Å². The number of anilines is 3. The minimum Gasteiger partial charge on any atom is -0.341 e. The van der Waals surface area contributed by atoms with Crippen LogP contribution in [0.3, 0.4) is 0 Å². The lowest BCUT2D eigenvalue weighted by molar-refractivity contribution is -0.123. The number of benzene rings is 2. The molecule has 0 fully saturated rings. The quantitative estimate of drug-likeness (QED) is 0.892. The molecule has 1 amide bonds. The number of rotatable bonds is 2. The smallest absolute Gasteiger partial charge is 0.229 e. The highest BCUT2D eigenvalue weighted by Crippen LogP contribution is 2.34. The maximum Gasteiger partial charge on any atom is 0.229 e. The number of carbonyl (C=O) groups is 1. The summed E-state index contributed by atoms with van der Waals surface area (Å²) in [5.41, 5.74) is 4.31. The standard InChI is InChI=1S/C19H22N2O/c1-19(2,3)18(22)20-15-8-10-16(11-9-15)21-13-12-14-6-4-5-7-17(14)21/h4-11H,12-13H2,1-3H3,(H,20,22). The maximum atomic E-state index is 12.0. The summed E-state index contributed by atoms with van der Waals surface area (Å²) in [6.45, 7) is 6.75. The van der Waals surface area contributed by atoms with Crippen LogP contribution in [-0.4, -0.2) is 12.5 Å². The monoisotopic (exact) mass is 294 g/mol.